The zero-order valence-corrected chi connectivity index (χ0v) is 17.1. The van der Waals surface area contributed by atoms with Gasteiger partial charge in [0.15, 0.2) is 16.7 Å². The van der Waals surface area contributed by atoms with Crippen LogP contribution < -0.4 is 10.3 Å². The van der Waals surface area contributed by atoms with E-state index < -0.39 is 0 Å². The molecule has 7 heteroatoms. The molecule has 0 saturated carbocycles. The van der Waals surface area contributed by atoms with Crippen LogP contribution >= 0.6 is 0 Å². The number of aromatic amines is 1. The van der Waals surface area contributed by atoms with E-state index in [0.717, 1.165) is 22.4 Å². The van der Waals surface area contributed by atoms with Crippen LogP contribution in [-0.4, -0.2) is 26.7 Å². The summed E-state index contributed by atoms with van der Waals surface area (Å²) in [6.07, 6.45) is 0. The molecule has 0 fully saturated rings. The van der Waals surface area contributed by atoms with Crippen molar-refractivity contribution < 1.29 is 9.15 Å². The number of hydrogen-bond acceptors (Lipinski definition) is 5. The number of rotatable bonds is 3. The molecule has 3 aromatic heterocycles. The Balaban J connectivity index is 1.77. The molecule has 0 aliphatic heterocycles. The Bertz CT molecular complexity index is 1490. The number of hydrogen-bond donors (Lipinski definition) is 1. The molecule has 2 aromatic carbocycles. The topological polar surface area (TPSA) is 85.4 Å². The Labute approximate surface area is 172 Å². The van der Waals surface area contributed by atoms with Gasteiger partial charge in [0.2, 0.25) is 5.89 Å². The Hall–Kier alpha value is -3.87. The highest BCUT2D eigenvalue weighted by molar-refractivity contribution is 5.84. The fourth-order valence-corrected chi connectivity index (χ4v) is 3.88. The predicted molar refractivity (Wildman–Crippen MR) is 115 cm³/mol. The second kappa shape index (κ2) is 6.59. The Morgan fingerprint density at radius 1 is 1.03 bits per heavy atom. The lowest BCUT2D eigenvalue weighted by Crippen LogP contribution is -2.19. The average Bonchev–Trinajstić information content (AvgIpc) is 3.28. The molecular formula is C23H20N4O3. The van der Waals surface area contributed by atoms with Gasteiger partial charge in [-0.15, -0.1) is 0 Å². The molecule has 0 spiro atoms. The molecule has 0 atom stereocenters. The maximum absolute atomic E-state index is 13.4. The average molecular weight is 400 g/mol. The van der Waals surface area contributed by atoms with Gasteiger partial charge in [0.05, 0.1) is 12.8 Å². The number of methoxy groups -OCH3 is 1. The third-order valence-electron chi connectivity index (χ3n) is 5.26. The molecule has 0 saturated heterocycles. The van der Waals surface area contributed by atoms with E-state index in [9.17, 15) is 4.79 Å². The zero-order valence-electron chi connectivity index (χ0n) is 17.1. The van der Waals surface area contributed by atoms with E-state index in [1.54, 1.807) is 26.2 Å². The van der Waals surface area contributed by atoms with Crippen molar-refractivity contribution in [3.05, 3.63) is 69.8 Å². The first kappa shape index (κ1) is 18.2. The maximum atomic E-state index is 13.4. The predicted octanol–water partition coefficient (Wildman–Crippen LogP) is 4.43. The summed E-state index contributed by atoms with van der Waals surface area (Å²) in [6.45, 7) is 5.77. The van der Waals surface area contributed by atoms with Gasteiger partial charge in [0.25, 0.3) is 5.56 Å². The van der Waals surface area contributed by atoms with Crippen molar-refractivity contribution in [2.75, 3.05) is 7.11 Å². The van der Waals surface area contributed by atoms with Crippen LogP contribution in [0.2, 0.25) is 0 Å². The van der Waals surface area contributed by atoms with Crippen molar-refractivity contribution >= 4 is 16.7 Å². The highest BCUT2D eigenvalue weighted by Crippen LogP contribution is 2.31. The van der Waals surface area contributed by atoms with Crippen molar-refractivity contribution in [2.45, 2.75) is 20.8 Å². The highest BCUT2D eigenvalue weighted by Gasteiger charge is 2.22. The number of ether oxygens (including phenoxy) is 1. The van der Waals surface area contributed by atoms with Gasteiger partial charge in [-0.2, -0.15) is 0 Å². The normalized spacial score (nSPS) is 11.5. The summed E-state index contributed by atoms with van der Waals surface area (Å²) >= 11 is 0. The lowest BCUT2D eigenvalue weighted by Gasteiger charge is -2.04. The second-order valence-electron chi connectivity index (χ2n) is 7.34. The molecule has 5 aromatic rings. The standard InChI is InChI=1S/C23H20N4O3/c1-12-7-5-8-15(11-12)18-14(3)26-27-21(18)24-13(2)19(23(27)28)22-25-20-16(29-4)9-6-10-17(20)30-22/h5-11,26H,1-4H3. The van der Waals surface area contributed by atoms with E-state index in [-0.39, 0.29) is 11.4 Å². The van der Waals surface area contributed by atoms with Crippen molar-refractivity contribution in [3.8, 4) is 28.3 Å². The lowest BCUT2D eigenvalue weighted by molar-refractivity contribution is 0.419. The van der Waals surface area contributed by atoms with E-state index >= 15 is 0 Å². The summed E-state index contributed by atoms with van der Waals surface area (Å²) in [4.78, 5) is 22.7. The van der Waals surface area contributed by atoms with E-state index in [2.05, 4.69) is 16.1 Å². The Morgan fingerprint density at radius 3 is 2.60 bits per heavy atom. The van der Waals surface area contributed by atoms with Gasteiger partial charge in [-0.3, -0.25) is 9.89 Å². The van der Waals surface area contributed by atoms with E-state index in [4.69, 9.17) is 14.1 Å². The van der Waals surface area contributed by atoms with Gasteiger partial charge in [0.1, 0.15) is 11.3 Å². The van der Waals surface area contributed by atoms with E-state index in [0.29, 0.717) is 33.8 Å². The van der Waals surface area contributed by atoms with Crippen LogP contribution in [0.15, 0.2) is 51.7 Å². The molecule has 0 bridgehead atoms. The van der Waals surface area contributed by atoms with E-state index in [1.807, 2.05) is 38.1 Å². The quantitative estimate of drug-likeness (QED) is 0.484. The number of nitrogens with one attached hydrogen (secondary N) is 1. The molecule has 0 radical (unpaired) electrons. The number of oxazole rings is 1. The molecule has 0 aliphatic rings. The van der Waals surface area contributed by atoms with Crippen LogP contribution in [0.4, 0.5) is 0 Å². The number of H-pyrrole nitrogens is 1. The molecule has 7 nitrogen and oxygen atoms in total. The number of fused-ring (bicyclic) bond motifs is 2. The Morgan fingerprint density at radius 2 is 1.83 bits per heavy atom. The molecule has 1 N–H and O–H groups in total. The zero-order chi connectivity index (χ0) is 21.0. The maximum Gasteiger partial charge on any atom is 0.285 e. The minimum Gasteiger partial charge on any atom is -0.494 e. The first-order valence-electron chi connectivity index (χ1n) is 9.61. The summed E-state index contributed by atoms with van der Waals surface area (Å²) in [7, 11) is 1.57. The molecule has 0 aliphatic carbocycles. The highest BCUT2D eigenvalue weighted by atomic mass is 16.5. The Kier molecular flexibility index (Phi) is 3.99. The molecule has 150 valence electrons. The lowest BCUT2D eigenvalue weighted by atomic mass is 10.0. The van der Waals surface area contributed by atoms with E-state index in [1.165, 1.54) is 4.52 Å². The van der Waals surface area contributed by atoms with Crippen LogP contribution in [-0.2, 0) is 0 Å². The molecule has 30 heavy (non-hydrogen) atoms. The van der Waals surface area contributed by atoms with Crippen molar-refractivity contribution in [1.82, 2.24) is 19.6 Å². The summed E-state index contributed by atoms with van der Waals surface area (Å²) in [5.74, 6) is 0.815. The fourth-order valence-electron chi connectivity index (χ4n) is 3.88. The summed E-state index contributed by atoms with van der Waals surface area (Å²) in [5, 5.41) is 3.15. The smallest absolute Gasteiger partial charge is 0.285 e. The van der Waals surface area contributed by atoms with Crippen LogP contribution in [0.1, 0.15) is 17.0 Å². The minimum atomic E-state index is -0.259. The molecule has 0 unspecified atom stereocenters. The summed E-state index contributed by atoms with van der Waals surface area (Å²) < 4.78 is 12.7. The molecular weight excluding hydrogens is 380 g/mol. The number of para-hydroxylation sites is 1. The largest absolute Gasteiger partial charge is 0.494 e. The SMILES string of the molecule is COc1cccc2oc(-c3c(C)nc4c(-c5cccc(C)c5)c(C)[nH]n4c3=O)nc12. The summed E-state index contributed by atoms with van der Waals surface area (Å²) in [5.41, 5.74) is 6.24. The second-order valence-corrected chi connectivity index (χ2v) is 7.34. The first-order valence-corrected chi connectivity index (χ1v) is 9.61. The first-order chi connectivity index (χ1) is 14.5. The minimum absolute atomic E-state index is 0.225. The monoisotopic (exact) mass is 400 g/mol. The number of aryl methyl sites for hydroxylation is 3. The number of benzene rings is 2. The number of nitrogens with zero attached hydrogens (tertiary/aromatic N) is 3. The van der Waals surface area contributed by atoms with Gasteiger partial charge < -0.3 is 9.15 Å². The third kappa shape index (κ3) is 2.62. The van der Waals surface area contributed by atoms with Crippen molar-refractivity contribution in [3.63, 3.8) is 0 Å². The summed E-state index contributed by atoms with van der Waals surface area (Å²) in [6, 6.07) is 13.6. The van der Waals surface area contributed by atoms with Gasteiger partial charge >= 0.3 is 0 Å². The van der Waals surface area contributed by atoms with Crippen LogP contribution in [0.5, 0.6) is 5.75 Å². The van der Waals surface area contributed by atoms with Gasteiger partial charge in [-0.25, -0.2) is 14.5 Å². The van der Waals surface area contributed by atoms with Crippen molar-refractivity contribution in [2.24, 2.45) is 0 Å². The fraction of sp³-hybridized carbons (Fsp3) is 0.174. The van der Waals surface area contributed by atoms with Crippen LogP contribution in [0.25, 0.3) is 39.3 Å². The molecule has 0 amide bonds. The van der Waals surface area contributed by atoms with Crippen LogP contribution in [0.3, 0.4) is 0 Å². The van der Waals surface area contributed by atoms with Crippen LogP contribution in [0, 0.1) is 20.8 Å². The third-order valence-corrected chi connectivity index (χ3v) is 5.26. The van der Waals surface area contributed by atoms with Gasteiger partial charge in [0, 0.05) is 11.3 Å². The molecule has 3 heterocycles. The van der Waals surface area contributed by atoms with Crippen molar-refractivity contribution in [1.29, 1.82) is 0 Å². The number of aromatic nitrogens is 4. The van der Waals surface area contributed by atoms with Gasteiger partial charge in [-0.05, 0) is 38.5 Å². The molecule has 5 rings (SSSR count). The van der Waals surface area contributed by atoms with Gasteiger partial charge in [-0.1, -0.05) is 35.9 Å².